The molecule has 4 rings (SSSR count). The number of carbonyl (C=O) groups is 2. The highest BCUT2D eigenvalue weighted by molar-refractivity contribution is 7.92. The van der Waals surface area contributed by atoms with Gasteiger partial charge in [0, 0.05) is 30.6 Å². The molecule has 0 aliphatic heterocycles. The Morgan fingerprint density at radius 2 is 1.50 bits per heavy atom. The van der Waals surface area contributed by atoms with Crippen molar-refractivity contribution in [1.82, 2.24) is 10.2 Å². The van der Waals surface area contributed by atoms with Gasteiger partial charge in [0.25, 0.3) is 10.0 Å². The van der Waals surface area contributed by atoms with Crippen LogP contribution in [-0.4, -0.2) is 65.6 Å². The Hall–Kier alpha value is -4.74. The first-order valence-corrected chi connectivity index (χ1v) is 17.2. The molecule has 0 radical (unpaired) electrons. The predicted octanol–water partition coefficient (Wildman–Crippen LogP) is 5.73. The van der Waals surface area contributed by atoms with Crippen LogP contribution in [0.2, 0.25) is 5.02 Å². The smallest absolute Gasteiger partial charge is 0.264 e. The fraction of sp³-hybridized carbons (Fsp3) is 0.278. The highest BCUT2D eigenvalue weighted by Gasteiger charge is 2.35. The van der Waals surface area contributed by atoms with Gasteiger partial charge in [-0.25, -0.2) is 8.42 Å². The number of anilines is 1. The zero-order chi connectivity index (χ0) is 34.7. The number of nitrogens with zero attached hydrogens (tertiary/aromatic N) is 2. The van der Waals surface area contributed by atoms with Gasteiger partial charge in [0.15, 0.2) is 11.5 Å². The highest BCUT2D eigenvalue weighted by Crippen LogP contribution is 2.33. The number of benzene rings is 4. The summed E-state index contributed by atoms with van der Waals surface area (Å²) in [5.41, 5.74) is 1.74. The summed E-state index contributed by atoms with van der Waals surface area (Å²) >= 11 is 6.16. The molecular formula is C36H40ClN3O7S. The van der Waals surface area contributed by atoms with Crippen molar-refractivity contribution in [2.75, 3.05) is 38.7 Å². The van der Waals surface area contributed by atoms with E-state index in [1.165, 1.54) is 49.5 Å². The number of halogens is 1. The van der Waals surface area contributed by atoms with Crippen LogP contribution in [0.25, 0.3) is 0 Å². The summed E-state index contributed by atoms with van der Waals surface area (Å²) in [4.78, 5) is 29.7. The summed E-state index contributed by atoms with van der Waals surface area (Å²) in [6.45, 7) is 1.75. The van der Waals surface area contributed by atoms with Gasteiger partial charge in [-0.15, -0.1) is 0 Å². The van der Waals surface area contributed by atoms with E-state index in [4.69, 9.17) is 25.8 Å². The normalized spacial score (nSPS) is 11.7. The molecule has 0 aliphatic rings. The van der Waals surface area contributed by atoms with E-state index in [2.05, 4.69) is 5.32 Å². The Bertz CT molecular complexity index is 1790. The van der Waals surface area contributed by atoms with E-state index in [0.717, 1.165) is 9.87 Å². The van der Waals surface area contributed by atoms with E-state index in [-0.39, 0.29) is 35.2 Å². The van der Waals surface area contributed by atoms with Crippen LogP contribution in [0.3, 0.4) is 0 Å². The number of hydrogen-bond acceptors (Lipinski definition) is 7. The van der Waals surface area contributed by atoms with Gasteiger partial charge in [-0.1, -0.05) is 61.0 Å². The zero-order valence-electron chi connectivity index (χ0n) is 27.4. The number of sulfonamides is 1. The second-order valence-electron chi connectivity index (χ2n) is 10.9. The summed E-state index contributed by atoms with van der Waals surface area (Å²) in [6, 6.07) is 25.9. The molecule has 48 heavy (non-hydrogen) atoms. The molecule has 0 fully saturated rings. The lowest BCUT2D eigenvalue weighted by atomic mass is 10.0. The SMILES string of the molecule is CCCNC(=O)C(Cc1ccccc1)N(Cc1cccc(OC)c1)C(=O)CN(c1ccc(Cl)cc1)S(=O)(=O)c1ccc(OC)c(OC)c1. The molecule has 0 aliphatic carbocycles. The maximum absolute atomic E-state index is 14.6. The average Bonchev–Trinajstić information content (AvgIpc) is 3.11. The minimum atomic E-state index is -4.37. The molecule has 1 unspecified atom stereocenters. The van der Waals surface area contributed by atoms with Crippen LogP contribution < -0.4 is 23.8 Å². The van der Waals surface area contributed by atoms with Crippen molar-refractivity contribution in [3.05, 3.63) is 113 Å². The number of nitrogens with one attached hydrogen (secondary N) is 1. The summed E-state index contributed by atoms with van der Waals surface area (Å²) < 4.78 is 45.8. The minimum absolute atomic E-state index is 0.0118. The number of carbonyl (C=O) groups excluding carboxylic acids is 2. The summed E-state index contributed by atoms with van der Waals surface area (Å²) in [7, 11) is 0.0271. The Kier molecular flexibility index (Phi) is 12.7. The van der Waals surface area contributed by atoms with Crippen molar-refractivity contribution in [3.63, 3.8) is 0 Å². The second kappa shape index (κ2) is 16.9. The lowest BCUT2D eigenvalue weighted by molar-refractivity contribution is -0.140. The van der Waals surface area contributed by atoms with E-state index in [1.807, 2.05) is 43.3 Å². The maximum atomic E-state index is 14.6. The molecule has 4 aromatic carbocycles. The predicted molar refractivity (Wildman–Crippen MR) is 186 cm³/mol. The van der Waals surface area contributed by atoms with E-state index in [0.29, 0.717) is 35.1 Å². The van der Waals surface area contributed by atoms with Gasteiger partial charge >= 0.3 is 0 Å². The number of methoxy groups -OCH3 is 3. The molecule has 0 aromatic heterocycles. The van der Waals surface area contributed by atoms with Gasteiger partial charge in [0.1, 0.15) is 18.3 Å². The van der Waals surface area contributed by atoms with E-state index < -0.39 is 28.5 Å². The van der Waals surface area contributed by atoms with Crippen molar-refractivity contribution in [1.29, 1.82) is 0 Å². The van der Waals surface area contributed by atoms with Gasteiger partial charge in [-0.05, 0) is 66.1 Å². The number of amides is 2. The first kappa shape index (κ1) is 36.1. The molecule has 0 saturated carbocycles. The Labute approximate surface area is 287 Å². The molecule has 12 heteroatoms. The third-order valence-electron chi connectivity index (χ3n) is 7.64. The molecule has 0 heterocycles. The minimum Gasteiger partial charge on any atom is -0.497 e. The van der Waals surface area contributed by atoms with Gasteiger partial charge in [-0.3, -0.25) is 13.9 Å². The van der Waals surface area contributed by atoms with Crippen LogP contribution in [0.15, 0.2) is 102 Å². The summed E-state index contributed by atoms with van der Waals surface area (Å²) in [5.74, 6) is 0.184. The van der Waals surface area contributed by atoms with Crippen LogP contribution >= 0.6 is 11.6 Å². The molecule has 254 valence electrons. The Morgan fingerprint density at radius 3 is 2.15 bits per heavy atom. The quantitative estimate of drug-likeness (QED) is 0.160. The molecule has 2 amide bonds. The van der Waals surface area contributed by atoms with Crippen molar-refractivity contribution in [2.45, 2.75) is 37.2 Å². The van der Waals surface area contributed by atoms with Gasteiger partial charge in [0.2, 0.25) is 11.8 Å². The fourth-order valence-electron chi connectivity index (χ4n) is 5.13. The lowest BCUT2D eigenvalue weighted by Crippen LogP contribution is -2.53. The summed E-state index contributed by atoms with van der Waals surface area (Å²) in [6.07, 6.45) is 0.900. The van der Waals surface area contributed by atoms with Gasteiger partial charge in [0.05, 0.1) is 31.9 Å². The standard InChI is InChI=1S/C36H40ClN3O7S/c1-5-20-38-36(42)32(22-26-10-7-6-8-11-26)39(24-27-12-9-13-30(21-27)45-2)35(41)25-40(29-16-14-28(37)15-17-29)48(43,44)31-18-19-33(46-3)34(23-31)47-4/h6-19,21,23,32H,5,20,22,24-25H2,1-4H3,(H,38,42). The highest BCUT2D eigenvalue weighted by atomic mass is 35.5. The maximum Gasteiger partial charge on any atom is 0.264 e. The monoisotopic (exact) mass is 693 g/mol. The number of hydrogen-bond donors (Lipinski definition) is 1. The molecule has 10 nitrogen and oxygen atoms in total. The molecule has 4 aromatic rings. The van der Waals surface area contributed by atoms with Gasteiger partial charge in [-0.2, -0.15) is 0 Å². The molecule has 0 spiro atoms. The summed E-state index contributed by atoms with van der Waals surface area (Å²) in [5, 5.41) is 3.33. The molecule has 1 N–H and O–H groups in total. The van der Waals surface area contributed by atoms with E-state index in [9.17, 15) is 18.0 Å². The molecule has 0 bridgehead atoms. The topological polar surface area (TPSA) is 114 Å². The fourth-order valence-corrected chi connectivity index (χ4v) is 6.68. The lowest BCUT2D eigenvalue weighted by Gasteiger charge is -2.34. The second-order valence-corrected chi connectivity index (χ2v) is 13.2. The van der Waals surface area contributed by atoms with Crippen LogP contribution in [0.1, 0.15) is 24.5 Å². The van der Waals surface area contributed by atoms with Crippen molar-refractivity contribution in [3.8, 4) is 17.2 Å². The number of ether oxygens (including phenoxy) is 3. The number of rotatable bonds is 16. The molecular weight excluding hydrogens is 654 g/mol. The molecule has 0 saturated heterocycles. The molecule has 1 atom stereocenters. The van der Waals surface area contributed by atoms with E-state index >= 15 is 0 Å². The van der Waals surface area contributed by atoms with Crippen LogP contribution in [0, 0.1) is 0 Å². The zero-order valence-corrected chi connectivity index (χ0v) is 29.0. The third-order valence-corrected chi connectivity index (χ3v) is 9.67. The average molecular weight is 694 g/mol. The van der Waals surface area contributed by atoms with Crippen molar-refractivity contribution < 1.29 is 32.2 Å². The third kappa shape index (κ3) is 8.99. The van der Waals surface area contributed by atoms with Crippen LogP contribution in [-0.2, 0) is 32.6 Å². The largest absolute Gasteiger partial charge is 0.497 e. The van der Waals surface area contributed by atoms with Crippen molar-refractivity contribution >= 4 is 39.1 Å². The van der Waals surface area contributed by atoms with Gasteiger partial charge < -0.3 is 24.4 Å². The first-order chi connectivity index (χ1) is 23.1. The van der Waals surface area contributed by atoms with Crippen LogP contribution in [0.4, 0.5) is 5.69 Å². The Morgan fingerprint density at radius 1 is 0.812 bits per heavy atom. The first-order valence-electron chi connectivity index (χ1n) is 15.4. The Balaban J connectivity index is 1.82. The van der Waals surface area contributed by atoms with Crippen LogP contribution in [0.5, 0.6) is 17.2 Å². The van der Waals surface area contributed by atoms with E-state index in [1.54, 1.807) is 37.4 Å². The van der Waals surface area contributed by atoms with Crippen molar-refractivity contribution in [2.24, 2.45) is 0 Å².